The molecular weight excluding hydrogens is 354 g/mol. The van der Waals surface area contributed by atoms with E-state index >= 15 is 0 Å². The highest BCUT2D eigenvalue weighted by atomic mass is 32.2. The van der Waals surface area contributed by atoms with Crippen LogP contribution < -0.4 is 4.90 Å². The fourth-order valence-corrected chi connectivity index (χ4v) is 4.29. The molecule has 0 unspecified atom stereocenters. The highest BCUT2D eigenvalue weighted by molar-refractivity contribution is 8.00. The molecule has 0 radical (unpaired) electrons. The molecule has 1 aliphatic heterocycles. The third-order valence-corrected chi connectivity index (χ3v) is 6.09. The maximum Gasteiger partial charge on any atom is 0.237 e. The van der Waals surface area contributed by atoms with E-state index in [1.807, 2.05) is 48.2 Å². The minimum Gasteiger partial charge on any atom is -0.311 e. The third kappa shape index (κ3) is 3.17. The molecule has 1 aliphatic rings. The molecule has 0 N–H and O–H groups in total. The standard InChI is InChI=1S/C22H19N3OS/c1-14-7-8-17-11-18(12-23)22(24-21(17)15(14)2)27-13-20(26)25-10-9-16-5-3-4-6-19(16)25/h3-8,11H,9-10,13H2,1-2H3. The van der Waals surface area contributed by atoms with E-state index in [0.717, 1.165) is 28.6 Å². The number of para-hydroxylation sites is 1. The van der Waals surface area contributed by atoms with Crippen LogP contribution in [0.4, 0.5) is 5.69 Å². The van der Waals surface area contributed by atoms with Crippen molar-refractivity contribution in [2.75, 3.05) is 17.2 Å². The van der Waals surface area contributed by atoms with Crippen molar-refractivity contribution in [2.24, 2.45) is 0 Å². The molecule has 5 heteroatoms. The Bertz CT molecular complexity index is 1100. The van der Waals surface area contributed by atoms with Crippen LogP contribution in [0.3, 0.4) is 0 Å². The highest BCUT2D eigenvalue weighted by Crippen LogP contribution is 2.30. The van der Waals surface area contributed by atoms with E-state index < -0.39 is 0 Å². The van der Waals surface area contributed by atoms with Gasteiger partial charge in [-0.2, -0.15) is 5.26 Å². The van der Waals surface area contributed by atoms with Gasteiger partial charge >= 0.3 is 0 Å². The smallest absolute Gasteiger partial charge is 0.237 e. The van der Waals surface area contributed by atoms with Crippen molar-refractivity contribution in [1.82, 2.24) is 4.98 Å². The summed E-state index contributed by atoms with van der Waals surface area (Å²) in [5.74, 6) is 0.323. The summed E-state index contributed by atoms with van der Waals surface area (Å²) in [6.45, 7) is 4.81. The van der Waals surface area contributed by atoms with Gasteiger partial charge < -0.3 is 4.90 Å². The van der Waals surface area contributed by atoms with Gasteiger partial charge in [0.05, 0.1) is 16.8 Å². The second kappa shape index (κ2) is 7.05. The van der Waals surface area contributed by atoms with Crippen LogP contribution in [-0.4, -0.2) is 23.2 Å². The number of thioether (sulfide) groups is 1. The number of nitrogens with zero attached hydrogens (tertiary/aromatic N) is 3. The van der Waals surface area contributed by atoms with Gasteiger partial charge in [0, 0.05) is 17.6 Å². The largest absolute Gasteiger partial charge is 0.311 e. The molecule has 1 amide bonds. The maximum atomic E-state index is 12.8. The van der Waals surface area contributed by atoms with Gasteiger partial charge in [0.2, 0.25) is 5.91 Å². The summed E-state index contributed by atoms with van der Waals surface area (Å²) >= 11 is 1.35. The molecule has 0 aliphatic carbocycles. The number of anilines is 1. The van der Waals surface area contributed by atoms with Crippen LogP contribution in [0.5, 0.6) is 0 Å². The molecule has 2 heterocycles. The first kappa shape index (κ1) is 17.6. The molecule has 0 spiro atoms. The van der Waals surface area contributed by atoms with Gasteiger partial charge in [0.15, 0.2) is 0 Å². The molecule has 134 valence electrons. The summed E-state index contributed by atoms with van der Waals surface area (Å²) < 4.78 is 0. The first-order valence-corrected chi connectivity index (χ1v) is 9.89. The van der Waals surface area contributed by atoms with Crippen molar-refractivity contribution in [3.8, 4) is 6.07 Å². The number of rotatable bonds is 3. The van der Waals surface area contributed by atoms with Gasteiger partial charge in [-0.25, -0.2) is 4.98 Å². The Morgan fingerprint density at radius 3 is 2.89 bits per heavy atom. The molecule has 0 atom stereocenters. The zero-order valence-corrected chi connectivity index (χ0v) is 16.1. The summed E-state index contributed by atoms with van der Waals surface area (Å²) in [7, 11) is 0. The normalized spacial score (nSPS) is 12.9. The van der Waals surface area contributed by atoms with Crippen LogP contribution in [0.15, 0.2) is 47.5 Å². The van der Waals surface area contributed by atoms with E-state index in [1.165, 1.54) is 22.9 Å². The van der Waals surface area contributed by atoms with E-state index in [2.05, 4.69) is 19.1 Å². The number of amides is 1. The topological polar surface area (TPSA) is 57.0 Å². The summed E-state index contributed by atoms with van der Waals surface area (Å²) in [5.41, 5.74) is 5.91. The van der Waals surface area contributed by atoms with Gasteiger partial charge in [0.1, 0.15) is 11.1 Å². The SMILES string of the molecule is Cc1ccc2cc(C#N)c(SCC(=O)N3CCc4ccccc43)nc2c1C. The maximum absolute atomic E-state index is 12.8. The lowest BCUT2D eigenvalue weighted by Gasteiger charge is -2.17. The second-order valence-corrected chi connectivity index (χ2v) is 7.71. The average molecular weight is 373 g/mol. The lowest BCUT2D eigenvalue weighted by atomic mass is 10.0. The average Bonchev–Trinajstić information content (AvgIpc) is 3.13. The fourth-order valence-electron chi connectivity index (χ4n) is 3.46. The molecule has 0 bridgehead atoms. The third-order valence-electron chi connectivity index (χ3n) is 5.12. The summed E-state index contributed by atoms with van der Waals surface area (Å²) in [5, 5.41) is 11.1. The number of carbonyl (C=O) groups excluding carboxylic acids is 1. The fraction of sp³-hybridized carbons (Fsp3) is 0.227. The molecule has 0 saturated carbocycles. The molecule has 4 rings (SSSR count). The molecule has 0 fully saturated rings. The Morgan fingerprint density at radius 2 is 2.07 bits per heavy atom. The number of hydrogen-bond acceptors (Lipinski definition) is 4. The molecule has 0 saturated heterocycles. The lowest BCUT2D eigenvalue weighted by Crippen LogP contribution is -2.30. The highest BCUT2D eigenvalue weighted by Gasteiger charge is 2.24. The molecule has 3 aromatic rings. The number of fused-ring (bicyclic) bond motifs is 2. The number of aromatic nitrogens is 1. The van der Waals surface area contributed by atoms with Crippen LogP contribution in [0.1, 0.15) is 22.3 Å². The molecule has 2 aromatic carbocycles. The van der Waals surface area contributed by atoms with Gasteiger partial charge in [0.25, 0.3) is 0 Å². The molecule has 4 nitrogen and oxygen atoms in total. The van der Waals surface area contributed by atoms with E-state index in [9.17, 15) is 10.1 Å². The molecule has 1 aromatic heterocycles. The Kier molecular flexibility index (Phi) is 4.59. The van der Waals surface area contributed by atoms with Crippen molar-refractivity contribution < 1.29 is 4.79 Å². The minimum absolute atomic E-state index is 0.0525. The van der Waals surface area contributed by atoms with Gasteiger partial charge in [-0.15, -0.1) is 0 Å². The number of carbonyl (C=O) groups is 1. The van der Waals surface area contributed by atoms with Crippen molar-refractivity contribution >= 4 is 34.3 Å². The quantitative estimate of drug-likeness (QED) is 0.638. The second-order valence-electron chi connectivity index (χ2n) is 6.74. The number of pyridine rings is 1. The van der Waals surface area contributed by atoms with E-state index in [1.54, 1.807) is 0 Å². The Labute approximate surface area is 162 Å². The summed E-state index contributed by atoms with van der Waals surface area (Å²) in [6, 6.07) is 16.2. The van der Waals surface area contributed by atoms with Crippen molar-refractivity contribution in [3.05, 3.63) is 64.7 Å². The number of nitriles is 1. The monoisotopic (exact) mass is 373 g/mol. The van der Waals surface area contributed by atoms with E-state index in [-0.39, 0.29) is 11.7 Å². The zero-order valence-electron chi connectivity index (χ0n) is 15.3. The zero-order chi connectivity index (χ0) is 19.0. The Morgan fingerprint density at radius 1 is 1.26 bits per heavy atom. The molecule has 27 heavy (non-hydrogen) atoms. The van der Waals surface area contributed by atoms with Crippen LogP contribution in [0, 0.1) is 25.2 Å². The molecular formula is C22H19N3OS. The summed E-state index contributed by atoms with van der Waals surface area (Å²) in [4.78, 5) is 19.3. The lowest BCUT2D eigenvalue weighted by molar-refractivity contribution is -0.116. The first-order valence-electron chi connectivity index (χ1n) is 8.90. The van der Waals surface area contributed by atoms with Crippen LogP contribution in [-0.2, 0) is 11.2 Å². The van der Waals surface area contributed by atoms with Crippen molar-refractivity contribution in [2.45, 2.75) is 25.3 Å². The number of benzene rings is 2. The van der Waals surface area contributed by atoms with Crippen LogP contribution >= 0.6 is 11.8 Å². The minimum atomic E-state index is 0.0525. The van der Waals surface area contributed by atoms with Gasteiger partial charge in [-0.1, -0.05) is 42.1 Å². The number of hydrogen-bond donors (Lipinski definition) is 0. The van der Waals surface area contributed by atoms with E-state index in [0.29, 0.717) is 17.1 Å². The van der Waals surface area contributed by atoms with Crippen LogP contribution in [0.2, 0.25) is 0 Å². The first-order chi connectivity index (χ1) is 13.1. The van der Waals surface area contributed by atoms with E-state index in [4.69, 9.17) is 4.98 Å². The van der Waals surface area contributed by atoms with Gasteiger partial charge in [-0.3, -0.25) is 4.79 Å². The van der Waals surface area contributed by atoms with Gasteiger partial charge in [-0.05, 0) is 49.1 Å². The number of aryl methyl sites for hydroxylation is 2. The Hall–Kier alpha value is -2.84. The summed E-state index contributed by atoms with van der Waals surface area (Å²) in [6.07, 6.45) is 0.892. The van der Waals surface area contributed by atoms with Crippen molar-refractivity contribution in [3.63, 3.8) is 0 Å². The predicted octanol–water partition coefficient (Wildman–Crippen LogP) is 4.40. The Balaban J connectivity index is 1.59. The van der Waals surface area contributed by atoms with Crippen molar-refractivity contribution in [1.29, 1.82) is 5.26 Å². The predicted molar refractivity (Wildman–Crippen MR) is 109 cm³/mol. The van der Waals surface area contributed by atoms with Crippen LogP contribution in [0.25, 0.3) is 10.9 Å².